The average Bonchev–Trinajstić information content (AvgIpc) is 2.86. The van der Waals surface area contributed by atoms with Gasteiger partial charge in [0.25, 0.3) is 0 Å². The van der Waals surface area contributed by atoms with Crippen LogP contribution in [0.3, 0.4) is 0 Å². The number of urea groups is 1. The summed E-state index contributed by atoms with van der Waals surface area (Å²) in [5.41, 5.74) is 3.87. The molecule has 0 N–H and O–H groups in total. The first-order chi connectivity index (χ1) is 16.4. The Bertz CT molecular complexity index is 1180. The SMILES string of the molecule is COc1ccc(COC(=O)c2ccc3c(c2)CN(Cc2ccc([S+](C)[O-])cc2)C(=O)N3C)cc1. The van der Waals surface area contributed by atoms with E-state index in [9.17, 15) is 14.1 Å². The second kappa shape index (κ2) is 10.2. The fraction of sp³-hybridized carbons (Fsp3) is 0.231. The van der Waals surface area contributed by atoms with Crippen molar-refractivity contribution in [3.05, 3.63) is 89.0 Å². The van der Waals surface area contributed by atoms with Crippen molar-refractivity contribution in [2.24, 2.45) is 0 Å². The van der Waals surface area contributed by atoms with Crippen LogP contribution in [0.4, 0.5) is 10.5 Å². The smallest absolute Gasteiger partial charge is 0.338 e. The highest BCUT2D eigenvalue weighted by Gasteiger charge is 2.28. The number of ether oxygens (including phenoxy) is 2. The zero-order valence-corrected chi connectivity index (χ0v) is 20.1. The molecule has 1 aliphatic heterocycles. The van der Waals surface area contributed by atoms with Crippen molar-refractivity contribution in [3.8, 4) is 5.75 Å². The number of nitrogens with zero attached hydrogens (tertiary/aromatic N) is 2. The minimum absolute atomic E-state index is 0.120. The lowest BCUT2D eigenvalue weighted by Gasteiger charge is -2.35. The normalized spacial score (nSPS) is 13.9. The molecular formula is C26H26N2O5S. The summed E-state index contributed by atoms with van der Waals surface area (Å²) < 4.78 is 22.2. The zero-order valence-electron chi connectivity index (χ0n) is 19.3. The maximum atomic E-state index is 12.9. The molecule has 0 bridgehead atoms. The average molecular weight is 479 g/mol. The number of hydrogen-bond donors (Lipinski definition) is 0. The zero-order chi connectivity index (χ0) is 24.2. The van der Waals surface area contributed by atoms with Crippen molar-refractivity contribution >= 4 is 28.9 Å². The van der Waals surface area contributed by atoms with Gasteiger partial charge in [-0.1, -0.05) is 24.3 Å². The molecule has 1 unspecified atom stereocenters. The van der Waals surface area contributed by atoms with Crippen LogP contribution in [0.2, 0.25) is 0 Å². The molecule has 4 rings (SSSR count). The molecule has 1 atom stereocenters. The second-order valence-electron chi connectivity index (χ2n) is 8.06. The molecule has 176 valence electrons. The number of rotatable bonds is 7. The number of amides is 2. The third kappa shape index (κ3) is 5.18. The summed E-state index contributed by atoms with van der Waals surface area (Å²) in [6.45, 7) is 0.938. The van der Waals surface area contributed by atoms with E-state index in [2.05, 4.69) is 0 Å². The number of fused-ring (bicyclic) bond motifs is 1. The minimum Gasteiger partial charge on any atom is -0.612 e. The predicted molar refractivity (Wildman–Crippen MR) is 130 cm³/mol. The van der Waals surface area contributed by atoms with Crippen LogP contribution in [-0.4, -0.2) is 41.9 Å². The van der Waals surface area contributed by atoms with Crippen molar-refractivity contribution in [2.45, 2.75) is 24.6 Å². The van der Waals surface area contributed by atoms with Crippen molar-refractivity contribution in [1.29, 1.82) is 0 Å². The van der Waals surface area contributed by atoms with Gasteiger partial charge in [0.15, 0.2) is 4.90 Å². The molecule has 1 aliphatic rings. The first-order valence-electron chi connectivity index (χ1n) is 10.7. The van der Waals surface area contributed by atoms with E-state index in [4.69, 9.17) is 9.47 Å². The van der Waals surface area contributed by atoms with E-state index in [1.165, 1.54) is 0 Å². The van der Waals surface area contributed by atoms with E-state index in [1.54, 1.807) is 48.4 Å². The summed E-state index contributed by atoms with van der Waals surface area (Å²) in [5.74, 6) is 0.317. The molecule has 3 aromatic rings. The third-order valence-electron chi connectivity index (χ3n) is 5.75. The Kier molecular flexibility index (Phi) is 7.09. The van der Waals surface area contributed by atoms with Crippen molar-refractivity contribution in [2.75, 3.05) is 25.3 Å². The Labute approximate surface area is 202 Å². The predicted octanol–water partition coefficient (Wildman–Crippen LogP) is 4.36. The van der Waals surface area contributed by atoms with Gasteiger partial charge in [-0.3, -0.25) is 4.90 Å². The second-order valence-corrected chi connectivity index (χ2v) is 9.44. The monoisotopic (exact) mass is 478 g/mol. The maximum absolute atomic E-state index is 12.9. The summed E-state index contributed by atoms with van der Waals surface area (Å²) in [6.07, 6.45) is 1.63. The summed E-state index contributed by atoms with van der Waals surface area (Å²) in [4.78, 5) is 29.6. The Hall–Kier alpha value is -3.49. The van der Waals surface area contributed by atoms with Crippen LogP contribution in [0.5, 0.6) is 5.75 Å². The van der Waals surface area contributed by atoms with Crippen LogP contribution >= 0.6 is 0 Å². The van der Waals surface area contributed by atoms with Crippen LogP contribution in [0.25, 0.3) is 0 Å². The largest absolute Gasteiger partial charge is 0.612 e. The molecule has 3 aromatic carbocycles. The van der Waals surface area contributed by atoms with E-state index in [-0.39, 0.29) is 12.6 Å². The molecule has 0 spiro atoms. The van der Waals surface area contributed by atoms with Gasteiger partial charge in [0.1, 0.15) is 18.6 Å². The highest BCUT2D eigenvalue weighted by atomic mass is 32.2. The fourth-order valence-electron chi connectivity index (χ4n) is 3.84. The summed E-state index contributed by atoms with van der Waals surface area (Å²) in [6, 6.07) is 19.8. The van der Waals surface area contributed by atoms with E-state index in [0.717, 1.165) is 33.0 Å². The third-order valence-corrected chi connectivity index (χ3v) is 6.69. The number of benzene rings is 3. The van der Waals surface area contributed by atoms with Crippen LogP contribution in [0.15, 0.2) is 71.6 Å². The molecular weight excluding hydrogens is 452 g/mol. The van der Waals surface area contributed by atoms with Crippen LogP contribution < -0.4 is 9.64 Å². The molecule has 7 nitrogen and oxygen atoms in total. The molecule has 1 heterocycles. The lowest BCUT2D eigenvalue weighted by Crippen LogP contribution is -2.44. The summed E-state index contributed by atoms with van der Waals surface area (Å²) in [5, 5.41) is 0. The van der Waals surface area contributed by atoms with Gasteiger partial charge in [0, 0.05) is 20.1 Å². The number of hydrogen-bond acceptors (Lipinski definition) is 5. The van der Waals surface area contributed by atoms with Gasteiger partial charge in [-0.25, -0.2) is 9.59 Å². The van der Waals surface area contributed by atoms with Gasteiger partial charge in [-0.2, -0.15) is 0 Å². The van der Waals surface area contributed by atoms with Gasteiger partial charge < -0.3 is 18.9 Å². The number of esters is 1. The number of methoxy groups -OCH3 is 1. The lowest BCUT2D eigenvalue weighted by molar-refractivity contribution is 0.0472. The minimum atomic E-state index is -1.05. The lowest BCUT2D eigenvalue weighted by atomic mass is 10.0. The van der Waals surface area contributed by atoms with Crippen molar-refractivity contribution in [3.63, 3.8) is 0 Å². The van der Waals surface area contributed by atoms with Gasteiger partial charge in [0.2, 0.25) is 0 Å². The fourth-order valence-corrected chi connectivity index (χ4v) is 4.36. The van der Waals surface area contributed by atoms with E-state index in [0.29, 0.717) is 18.7 Å². The number of carbonyl (C=O) groups excluding carboxylic acids is 2. The molecule has 0 aliphatic carbocycles. The van der Waals surface area contributed by atoms with Gasteiger partial charge in [-0.05, 0) is 70.3 Å². The number of anilines is 1. The highest BCUT2D eigenvalue weighted by molar-refractivity contribution is 7.90. The topological polar surface area (TPSA) is 82.1 Å². The molecule has 34 heavy (non-hydrogen) atoms. The van der Waals surface area contributed by atoms with E-state index < -0.39 is 17.1 Å². The molecule has 0 radical (unpaired) electrons. The standard InChI is InChI=1S/C26H26N2O5S/c1-27-24-13-8-20(25(29)33-17-19-4-9-22(32-2)10-5-19)14-21(24)16-28(26(27)30)15-18-6-11-23(12-7-18)34(3)31/h4-14H,15-17H2,1-3H3. The van der Waals surface area contributed by atoms with Gasteiger partial charge in [0.05, 0.1) is 18.4 Å². The number of carbonyl (C=O) groups is 2. The first-order valence-corrected chi connectivity index (χ1v) is 12.3. The Morgan fingerprint density at radius 2 is 1.71 bits per heavy atom. The van der Waals surface area contributed by atoms with E-state index >= 15 is 0 Å². The molecule has 0 fully saturated rings. The first kappa shape index (κ1) is 23.7. The quantitative estimate of drug-likeness (QED) is 0.372. The van der Waals surface area contributed by atoms with Crippen LogP contribution in [0, 0.1) is 0 Å². The molecule has 0 aromatic heterocycles. The maximum Gasteiger partial charge on any atom is 0.338 e. The van der Waals surface area contributed by atoms with Crippen molar-refractivity contribution < 1.29 is 23.6 Å². The Morgan fingerprint density at radius 3 is 2.35 bits per heavy atom. The summed E-state index contributed by atoms with van der Waals surface area (Å²) in [7, 11) is 3.32. The molecule has 2 amide bonds. The summed E-state index contributed by atoms with van der Waals surface area (Å²) >= 11 is -1.05. The molecule has 0 saturated carbocycles. The van der Waals surface area contributed by atoms with Crippen LogP contribution in [0.1, 0.15) is 27.0 Å². The van der Waals surface area contributed by atoms with Gasteiger partial charge >= 0.3 is 12.0 Å². The molecule has 0 saturated heterocycles. The molecule has 8 heteroatoms. The van der Waals surface area contributed by atoms with Gasteiger partial charge in [-0.15, -0.1) is 0 Å². The highest BCUT2D eigenvalue weighted by Crippen LogP contribution is 2.30. The van der Waals surface area contributed by atoms with Crippen LogP contribution in [-0.2, 0) is 35.6 Å². The Balaban J connectivity index is 1.46. The Morgan fingerprint density at radius 1 is 1.03 bits per heavy atom. The van der Waals surface area contributed by atoms with Crippen molar-refractivity contribution in [1.82, 2.24) is 4.90 Å². The van der Waals surface area contributed by atoms with E-state index in [1.807, 2.05) is 48.5 Å².